The third-order valence-corrected chi connectivity index (χ3v) is 3.82. The van der Waals surface area contributed by atoms with Crippen molar-refractivity contribution in [1.29, 1.82) is 0 Å². The number of amides is 2. The molecule has 4 heteroatoms. The van der Waals surface area contributed by atoms with Gasteiger partial charge in [0.1, 0.15) is 0 Å². The van der Waals surface area contributed by atoms with E-state index in [1.54, 1.807) is 0 Å². The number of rotatable bonds is 3. The molecule has 2 atom stereocenters. The van der Waals surface area contributed by atoms with Gasteiger partial charge >= 0.3 is 6.03 Å². The highest BCUT2D eigenvalue weighted by Gasteiger charge is 2.24. The van der Waals surface area contributed by atoms with Crippen LogP contribution in [0.3, 0.4) is 0 Å². The molecule has 0 spiro atoms. The second-order valence-corrected chi connectivity index (χ2v) is 5.29. The van der Waals surface area contributed by atoms with E-state index in [4.69, 9.17) is 4.74 Å². The lowest BCUT2D eigenvalue weighted by Crippen LogP contribution is -2.49. The summed E-state index contributed by atoms with van der Waals surface area (Å²) in [6.07, 6.45) is 8.42. The molecule has 1 aliphatic carbocycles. The van der Waals surface area contributed by atoms with Gasteiger partial charge in [-0.1, -0.05) is 19.3 Å². The van der Waals surface area contributed by atoms with Crippen molar-refractivity contribution in [3.05, 3.63) is 0 Å². The molecule has 1 saturated heterocycles. The predicted octanol–water partition coefficient (Wildman–Crippen LogP) is 2.19. The Morgan fingerprint density at radius 2 is 1.94 bits per heavy atom. The Morgan fingerprint density at radius 3 is 2.59 bits per heavy atom. The lowest BCUT2D eigenvalue weighted by molar-refractivity contribution is 0.0857. The van der Waals surface area contributed by atoms with Gasteiger partial charge in [0.2, 0.25) is 0 Å². The van der Waals surface area contributed by atoms with E-state index < -0.39 is 0 Å². The standard InChI is InChI=1S/C13H24N2O2/c1-10(12-8-5-9-17-12)14-13(16)15-11-6-3-2-4-7-11/h10-12H,2-9H2,1H3,(H2,14,15,16)/t10-,12-/m1/s1. The second-order valence-electron chi connectivity index (χ2n) is 5.29. The minimum atomic E-state index is -0.0279. The lowest BCUT2D eigenvalue weighted by atomic mass is 9.96. The number of ether oxygens (including phenoxy) is 1. The Kier molecular flexibility index (Phi) is 4.66. The maximum absolute atomic E-state index is 11.8. The van der Waals surface area contributed by atoms with Crippen LogP contribution < -0.4 is 10.6 Å². The van der Waals surface area contributed by atoms with Gasteiger partial charge in [0, 0.05) is 12.6 Å². The predicted molar refractivity (Wildman–Crippen MR) is 67.0 cm³/mol. The lowest BCUT2D eigenvalue weighted by Gasteiger charge is -2.25. The highest BCUT2D eigenvalue weighted by molar-refractivity contribution is 5.74. The molecule has 0 aromatic carbocycles. The summed E-state index contributed by atoms with van der Waals surface area (Å²) < 4.78 is 5.56. The van der Waals surface area contributed by atoms with Crippen LogP contribution in [-0.4, -0.2) is 30.8 Å². The number of urea groups is 1. The first-order valence-corrected chi connectivity index (χ1v) is 6.94. The van der Waals surface area contributed by atoms with Gasteiger partial charge in [-0.3, -0.25) is 0 Å². The fourth-order valence-electron chi connectivity index (χ4n) is 2.77. The van der Waals surface area contributed by atoms with Crippen LogP contribution in [0.15, 0.2) is 0 Å². The van der Waals surface area contributed by atoms with Gasteiger partial charge < -0.3 is 15.4 Å². The molecule has 2 N–H and O–H groups in total. The van der Waals surface area contributed by atoms with E-state index in [0.717, 1.165) is 32.3 Å². The van der Waals surface area contributed by atoms with Gasteiger partial charge in [-0.2, -0.15) is 0 Å². The highest BCUT2D eigenvalue weighted by Crippen LogP contribution is 2.18. The molecule has 4 nitrogen and oxygen atoms in total. The number of nitrogens with one attached hydrogen (secondary N) is 2. The summed E-state index contributed by atoms with van der Waals surface area (Å²) in [6, 6.07) is 0.460. The van der Waals surface area contributed by atoms with E-state index in [-0.39, 0.29) is 18.2 Å². The Bertz CT molecular complexity index is 246. The zero-order valence-electron chi connectivity index (χ0n) is 10.7. The van der Waals surface area contributed by atoms with Crippen molar-refractivity contribution >= 4 is 6.03 Å². The van der Waals surface area contributed by atoms with Gasteiger partial charge in [-0.15, -0.1) is 0 Å². The van der Waals surface area contributed by atoms with E-state index in [2.05, 4.69) is 10.6 Å². The maximum atomic E-state index is 11.8. The molecule has 0 aromatic heterocycles. The van der Waals surface area contributed by atoms with Crippen molar-refractivity contribution in [3.8, 4) is 0 Å². The van der Waals surface area contributed by atoms with Crippen LogP contribution in [0.2, 0.25) is 0 Å². The Morgan fingerprint density at radius 1 is 1.18 bits per heavy atom. The third-order valence-electron chi connectivity index (χ3n) is 3.82. The summed E-state index contributed by atoms with van der Waals surface area (Å²) in [5.41, 5.74) is 0. The van der Waals surface area contributed by atoms with E-state index >= 15 is 0 Å². The molecule has 1 saturated carbocycles. The fourth-order valence-corrected chi connectivity index (χ4v) is 2.77. The van der Waals surface area contributed by atoms with E-state index in [1.165, 1.54) is 19.3 Å². The number of carbonyl (C=O) groups excluding carboxylic acids is 1. The average Bonchev–Trinajstić information content (AvgIpc) is 2.83. The molecule has 2 fully saturated rings. The normalized spacial score (nSPS) is 27.7. The summed E-state index contributed by atoms with van der Waals surface area (Å²) in [5, 5.41) is 6.06. The van der Waals surface area contributed by atoms with Crippen LogP contribution in [0.25, 0.3) is 0 Å². The summed E-state index contributed by atoms with van der Waals surface area (Å²) in [6.45, 7) is 2.86. The molecule has 0 aromatic rings. The molecule has 1 heterocycles. The molecule has 1 aliphatic heterocycles. The fraction of sp³-hybridized carbons (Fsp3) is 0.923. The molecular weight excluding hydrogens is 216 g/mol. The van der Waals surface area contributed by atoms with Crippen LogP contribution in [0.1, 0.15) is 51.9 Å². The van der Waals surface area contributed by atoms with Crippen molar-refractivity contribution in [3.63, 3.8) is 0 Å². The first kappa shape index (κ1) is 12.7. The van der Waals surface area contributed by atoms with Gasteiger partial charge in [0.15, 0.2) is 0 Å². The van der Waals surface area contributed by atoms with Crippen molar-refractivity contribution < 1.29 is 9.53 Å². The summed E-state index contributed by atoms with van der Waals surface area (Å²) in [7, 11) is 0. The Hall–Kier alpha value is -0.770. The SMILES string of the molecule is C[C@@H](NC(=O)NC1CCCCC1)[C@H]1CCCO1. The second kappa shape index (κ2) is 6.24. The summed E-state index contributed by atoms with van der Waals surface area (Å²) in [4.78, 5) is 11.8. The zero-order valence-corrected chi connectivity index (χ0v) is 10.7. The molecule has 2 rings (SSSR count). The smallest absolute Gasteiger partial charge is 0.315 e. The molecule has 17 heavy (non-hydrogen) atoms. The Balaban J connectivity index is 1.68. The van der Waals surface area contributed by atoms with Crippen molar-refractivity contribution in [1.82, 2.24) is 10.6 Å². The number of hydrogen-bond donors (Lipinski definition) is 2. The van der Waals surface area contributed by atoms with Crippen LogP contribution in [0.5, 0.6) is 0 Å². The van der Waals surface area contributed by atoms with Gasteiger partial charge in [-0.05, 0) is 32.6 Å². The van der Waals surface area contributed by atoms with Gasteiger partial charge in [0.05, 0.1) is 12.1 Å². The van der Waals surface area contributed by atoms with E-state index in [1.807, 2.05) is 6.92 Å². The van der Waals surface area contributed by atoms with Crippen molar-refractivity contribution in [2.24, 2.45) is 0 Å². The summed E-state index contributed by atoms with van der Waals surface area (Å²) >= 11 is 0. The molecule has 2 amide bonds. The van der Waals surface area contributed by atoms with Crippen LogP contribution in [0, 0.1) is 0 Å². The minimum Gasteiger partial charge on any atom is -0.376 e. The molecule has 0 bridgehead atoms. The average molecular weight is 240 g/mol. The summed E-state index contributed by atoms with van der Waals surface area (Å²) in [5.74, 6) is 0. The van der Waals surface area contributed by atoms with Gasteiger partial charge in [-0.25, -0.2) is 4.79 Å². The van der Waals surface area contributed by atoms with Crippen LogP contribution >= 0.6 is 0 Å². The maximum Gasteiger partial charge on any atom is 0.315 e. The first-order chi connectivity index (χ1) is 8.25. The third kappa shape index (κ3) is 3.87. The monoisotopic (exact) mass is 240 g/mol. The van der Waals surface area contributed by atoms with Gasteiger partial charge in [0.25, 0.3) is 0 Å². The molecule has 2 aliphatic rings. The van der Waals surface area contributed by atoms with Crippen LogP contribution in [0.4, 0.5) is 4.79 Å². The Labute approximate surface area is 103 Å². The first-order valence-electron chi connectivity index (χ1n) is 6.94. The van der Waals surface area contributed by atoms with Crippen molar-refractivity contribution in [2.75, 3.05) is 6.61 Å². The largest absolute Gasteiger partial charge is 0.376 e. The topological polar surface area (TPSA) is 50.4 Å². The minimum absolute atomic E-state index is 0.0279. The molecule has 0 radical (unpaired) electrons. The zero-order chi connectivity index (χ0) is 12.1. The number of carbonyl (C=O) groups is 1. The molecule has 0 unspecified atom stereocenters. The molecular formula is C13H24N2O2. The van der Waals surface area contributed by atoms with E-state index in [0.29, 0.717) is 6.04 Å². The highest BCUT2D eigenvalue weighted by atomic mass is 16.5. The molecule has 98 valence electrons. The quantitative estimate of drug-likeness (QED) is 0.794. The van der Waals surface area contributed by atoms with Crippen molar-refractivity contribution in [2.45, 2.75) is 70.1 Å². The van der Waals surface area contributed by atoms with Crippen LogP contribution in [-0.2, 0) is 4.74 Å². The van der Waals surface area contributed by atoms with E-state index in [9.17, 15) is 4.79 Å². The number of hydrogen-bond acceptors (Lipinski definition) is 2.